The van der Waals surface area contributed by atoms with E-state index in [0.29, 0.717) is 11.0 Å². The van der Waals surface area contributed by atoms with Crippen LogP contribution < -0.4 is 5.14 Å². The van der Waals surface area contributed by atoms with Crippen LogP contribution in [0.15, 0.2) is 0 Å². The van der Waals surface area contributed by atoms with Crippen molar-refractivity contribution in [1.82, 2.24) is 0 Å². The average Bonchev–Trinajstić information content (AvgIpc) is 1.35. The molecule has 0 heterocycles. The zero-order valence-electron chi connectivity index (χ0n) is 3.21. The predicted molar refractivity (Wildman–Crippen MR) is 26.4 cm³/mol. The molecule has 0 aliphatic carbocycles. The highest BCUT2D eigenvalue weighted by atomic mass is 33.2. The minimum Gasteiger partial charge on any atom is -0.230 e. The van der Waals surface area contributed by atoms with Crippen LogP contribution in [-0.4, -0.2) is 6.26 Å². The van der Waals surface area contributed by atoms with Gasteiger partial charge in [-0.05, 0) is 0 Å². The van der Waals surface area contributed by atoms with Crippen LogP contribution in [0.25, 0.3) is 0 Å². The van der Waals surface area contributed by atoms with E-state index in [4.69, 9.17) is 0 Å². The molecule has 0 amide bonds. The third-order valence-electron chi connectivity index (χ3n) is 0.175. The molecule has 0 fully saturated rings. The molecule has 0 saturated heterocycles. The Bertz CT molecular complexity index is 75.6. The molecule has 3 nitrogen and oxygen atoms in total. The summed E-state index contributed by atoms with van der Waals surface area (Å²) in [6.07, 6.45) is 1.05. The Labute approximate surface area is 41.1 Å². The topological polar surface area (TPSA) is 63.0 Å². The number of hydrogen-bond acceptors (Lipinski definition) is 3. The molecule has 1 atom stereocenters. The molecule has 37 valence electrons. The van der Waals surface area contributed by atoms with E-state index in [-0.39, 0.29) is 0 Å². The highest BCUT2D eigenvalue weighted by molar-refractivity contribution is 8.73. The summed E-state index contributed by atoms with van der Waals surface area (Å²) in [5, 5.41) is 4.63. The molecule has 0 bridgehead atoms. The van der Waals surface area contributed by atoms with Gasteiger partial charge in [-0.1, -0.05) is 4.21 Å². The van der Waals surface area contributed by atoms with Gasteiger partial charge in [-0.15, -0.1) is 0 Å². The Balaban J connectivity index is 3.48. The largest absolute Gasteiger partial charge is 0.330 e. The lowest BCUT2D eigenvalue weighted by Crippen LogP contribution is -1.99. The molecule has 0 aliphatic rings. The van der Waals surface area contributed by atoms with E-state index < -0.39 is 9.25 Å². The van der Waals surface area contributed by atoms with Crippen LogP contribution in [0.5, 0.6) is 0 Å². The van der Waals surface area contributed by atoms with Crippen LogP contribution in [0.1, 0.15) is 0 Å². The van der Waals surface area contributed by atoms with Crippen molar-refractivity contribution in [3.05, 3.63) is 0 Å². The minimum absolute atomic E-state index is 0.354. The molecular formula is CH5NO2S2+. The van der Waals surface area contributed by atoms with Crippen molar-refractivity contribution in [2.24, 2.45) is 5.14 Å². The summed E-state index contributed by atoms with van der Waals surface area (Å²) in [6, 6.07) is 0. The van der Waals surface area contributed by atoms with Gasteiger partial charge in [-0.3, -0.25) is 0 Å². The Morgan fingerprint density at radius 3 is 2.00 bits per heavy atom. The highest BCUT2D eigenvalue weighted by Gasteiger charge is 2.17. The van der Waals surface area contributed by atoms with Crippen LogP contribution in [0.3, 0.4) is 0 Å². The highest BCUT2D eigenvalue weighted by Crippen LogP contribution is 2.06. The summed E-state index contributed by atoms with van der Waals surface area (Å²) in [4.78, 5) is 0. The Hall–Kier alpha value is 0.420. The first kappa shape index (κ1) is 6.42. The molecule has 1 unspecified atom stereocenters. The third kappa shape index (κ3) is 4.42. The van der Waals surface area contributed by atoms with Crippen LogP contribution >= 0.6 is 11.0 Å². The monoisotopic (exact) mass is 127 g/mol. The van der Waals surface area contributed by atoms with Crippen LogP contribution in [-0.2, 0) is 18.0 Å². The first-order valence-electron chi connectivity index (χ1n) is 1.14. The van der Waals surface area contributed by atoms with Crippen molar-refractivity contribution >= 4 is 20.2 Å². The fraction of sp³-hybridized carbons (Fsp3) is 1.00. The minimum atomic E-state index is -2.97. The SMILES string of the molecule is C[S+]([O])(=O)SN. The van der Waals surface area contributed by atoms with E-state index in [2.05, 4.69) is 5.14 Å². The van der Waals surface area contributed by atoms with Crippen molar-refractivity contribution in [2.75, 3.05) is 6.26 Å². The van der Waals surface area contributed by atoms with Gasteiger partial charge in [0.1, 0.15) is 6.26 Å². The summed E-state index contributed by atoms with van der Waals surface area (Å²) >= 11 is 0. The van der Waals surface area contributed by atoms with E-state index >= 15 is 0 Å². The molecule has 5 heteroatoms. The summed E-state index contributed by atoms with van der Waals surface area (Å²) in [5.74, 6) is 0. The normalized spacial score (nSPS) is 19.8. The van der Waals surface area contributed by atoms with Gasteiger partial charge < -0.3 is 0 Å². The molecule has 0 aromatic carbocycles. The van der Waals surface area contributed by atoms with E-state index in [1.807, 2.05) is 0 Å². The molecule has 2 N–H and O–H groups in total. The molecule has 0 aliphatic heterocycles. The molecule has 0 aromatic rings. The maximum Gasteiger partial charge on any atom is 0.330 e. The van der Waals surface area contributed by atoms with Gasteiger partial charge in [0.05, 0.1) is 4.55 Å². The first-order valence-corrected chi connectivity index (χ1v) is 4.43. The molecule has 0 saturated carbocycles. The summed E-state index contributed by atoms with van der Waals surface area (Å²) in [6.45, 7) is 0. The van der Waals surface area contributed by atoms with Gasteiger partial charge in [0.2, 0.25) is 11.0 Å². The van der Waals surface area contributed by atoms with E-state index in [9.17, 15) is 8.76 Å². The summed E-state index contributed by atoms with van der Waals surface area (Å²) in [7, 11) is -2.61. The number of hydrogen-bond donors (Lipinski definition) is 1. The summed E-state index contributed by atoms with van der Waals surface area (Å²) in [5.41, 5.74) is 0. The lowest BCUT2D eigenvalue weighted by molar-refractivity contribution is 0.451. The van der Waals surface area contributed by atoms with Crippen molar-refractivity contribution in [3.63, 3.8) is 0 Å². The van der Waals surface area contributed by atoms with Gasteiger partial charge in [0.25, 0.3) is 0 Å². The van der Waals surface area contributed by atoms with Gasteiger partial charge >= 0.3 is 9.25 Å². The molecule has 0 spiro atoms. The fourth-order valence-electron chi connectivity index (χ4n) is 0. The van der Waals surface area contributed by atoms with Crippen molar-refractivity contribution < 1.29 is 8.76 Å². The van der Waals surface area contributed by atoms with E-state index in [0.717, 1.165) is 6.26 Å². The molecule has 0 rings (SSSR count). The van der Waals surface area contributed by atoms with E-state index in [1.54, 1.807) is 0 Å². The standard InChI is InChI=1S/CH5NO2S2/c1-6(3,4)5-2/h2H2,1H3/q+1. The van der Waals surface area contributed by atoms with E-state index in [1.165, 1.54) is 0 Å². The second-order valence-electron chi connectivity index (χ2n) is 0.800. The maximum atomic E-state index is 9.84. The van der Waals surface area contributed by atoms with Gasteiger partial charge in [-0.25, -0.2) is 5.14 Å². The first-order chi connectivity index (χ1) is 2.56. The van der Waals surface area contributed by atoms with Crippen LogP contribution in [0.4, 0.5) is 0 Å². The van der Waals surface area contributed by atoms with Crippen molar-refractivity contribution in [3.8, 4) is 0 Å². The summed E-state index contributed by atoms with van der Waals surface area (Å²) < 4.78 is 19.7. The van der Waals surface area contributed by atoms with Crippen molar-refractivity contribution in [2.45, 2.75) is 0 Å². The van der Waals surface area contributed by atoms with Gasteiger partial charge in [0, 0.05) is 0 Å². The second-order valence-corrected chi connectivity index (χ2v) is 4.79. The Morgan fingerprint density at radius 1 is 1.83 bits per heavy atom. The smallest absolute Gasteiger partial charge is 0.230 e. The predicted octanol–water partition coefficient (Wildman–Crippen LogP) is -0.0169. The van der Waals surface area contributed by atoms with Crippen LogP contribution in [0.2, 0.25) is 0 Å². The zero-order valence-corrected chi connectivity index (χ0v) is 4.84. The number of nitrogens with two attached hydrogens (primary N) is 1. The fourth-order valence-corrected chi connectivity index (χ4v) is 0. The zero-order chi connectivity index (χ0) is 5.21. The lowest BCUT2D eigenvalue weighted by atomic mass is 12.0. The lowest BCUT2D eigenvalue weighted by Gasteiger charge is -1.77. The molecule has 6 heavy (non-hydrogen) atoms. The second kappa shape index (κ2) is 1.92. The average molecular weight is 127 g/mol. The molecule has 1 radical (unpaired) electrons. The van der Waals surface area contributed by atoms with Crippen molar-refractivity contribution in [1.29, 1.82) is 0 Å². The maximum absolute atomic E-state index is 9.84. The van der Waals surface area contributed by atoms with Gasteiger partial charge in [0.15, 0.2) is 0 Å². The number of rotatable bonds is 1. The molecule has 0 aromatic heterocycles. The third-order valence-corrected chi connectivity index (χ3v) is 1.57. The van der Waals surface area contributed by atoms with Gasteiger partial charge in [-0.2, -0.15) is 0 Å². The Morgan fingerprint density at radius 2 is 2.00 bits per heavy atom. The molecular weight excluding hydrogens is 122 g/mol. The Kier molecular flexibility index (Phi) is 2.06. The van der Waals surface area contributed by atoms with Crippen LogP contribution in [0, 0.1) is 0 Å². The quantitative estimate of drug-likeness (QED) is 0.306.